The zero-order valence-corrected chi connectivity index (χ0v) is 8.60. The molecule has 0 radical (unpaired) electrons. The lowest BCUT2D eigenvalue weighted by Gasteiger charge is -1.98. The molecular formula is C9H21N3O. The molecule has 0 saturated carbocycles. The van der Waals surface area contributed by atoms with E-state index in [9.17, 15) is 4.79 Å². The molecule has 0 aromatic rings. The average molecular weight is 187 g/mol. The van der Waals surface area contributed by atoms with E-state index < -0.39 is 0 Å². The van der Waals surface area contributed by atoms with Crippen molar-refractivity contribution in [2.24, 2.45) is 11.7 Å². The minimum Gasteiger partial charge on any atom is -0.357 e. The largest absolute Gasteiger partial charge is 0.357 e. The van der Waals surface area contributed by atoms with Crippen molar-refractivity contribution in [3.63, 3.8) is 0 Å². The van der Waals surface area contributed by atoms with Crippen LogP contribution in [-0.4, -0.2) is 32.1 Å². The van der Waals surface area contributed by atoms with Gasteiger partial charge in [0.05, 0.1) is 0 Å². The van der Waals surface area contributed by atoms with Crippen LogP contribution in [0.4, 0.5) is 0 Å². The zero-order chi connectivity index (χ0) is 10.1. The maximum Gasteiger partial charge on any atom is 0.216 e. The van der Waals surface area contributed by atoms with Crippen LogP contribution in [-0.2, 0) is 4.79 Å². The lowest BCUT2D eigenvalue weighted by atomic mass is 10.1. The van der Waals surface area contributed by atoms with Crippen molar-refractivity contribution in [3.8, 4) is 0 Å². The third-order valence-electron chi connectivity index (χ3n) is 1.92. The minimum atomic E-state index is 0.0394. The third kappa shape index (κ3) is 7.74. The van der Waals surface area contributed by atoms with Gasteiger partial charge in [0.25, 0.3) is 0 Å². The molecule has 0 aliphatic carbocycles. The van der Waals surface area contributed by atoms with E-state index in [1.54, 1.807) is 0 Å². The van der Waals surface area contributed by atoms with Crippen LogP contribution in [0.2, 0.25) is 0 Å². The maximum absolute atomic E-state index is 9.93. The number of carbonyl (C=O) groups is 1. The average Bonchev–Trinajstić information content (AvgIpc) is 2.56. The van der Waals surface area contributed by atoms with Gasteiger partial charge in [-0.3, -0.25) is 4.79 Å². The Kier molecular flexibility index (Phi) is 7.63. The summed E-state index contributed by atoms with van der Waals surface area (Å²) in [6, 6.07) is 0. The maximum atomic E-state index is 9.93. The molecule has 0 bridgehead atoms. The fraction of sp³-hybridized carbons (Fsp3) is 0.889. The van der Waals surface area contributed by atoms with Crippen molar-refractivity contribution in [2.45, 2.75) is 20.3 Å². The highest BCUT2D eigenvalue weighted by Crippen LogP contribution is 2.02. The van der Waals surface area contributed by atoms with Crippen LogP contribution in [0.5, 0.6) is 0 Å². The molecular weight excluding hydrogens is 166 g/mol. The van der Waals surface area contributed by atoms with Crippen molar-refractivity contribution < 1.29 is 4.79 Å². The first-order chi connectivity index (χ1) is 6.20. The molecule has 1 heterocycles. The number of amides is 1. The molecule has 13 heavy (non-hydrogen) atoms. The molecule has 1 atom stereocenters. The van der Waals surface area contributed by atoms with Gasteiger partial charge in [0, 0.05) is 13.5 Å². The predicted molar refractivity (Wildman–Crippen MR) is 54.4 cm³/mol. The van der Waals surface area contributed by atoms with E-state index in [0.717, 1.165) is 25.6 Å². The van der Waals surface area contributed by atoms with Crippen LogP contribution in [0, 0.1) is 5.92 Å². The van der Waals surface area contributed by atoms with Gasteiger partial charge in [-0.05, 0) is 38.9 Å². The van der Waals surface area contributed by atoms with Crippen LogP contribution in [0.25, 0.3) is 0 Å². The fourth-order valence-electron chi connectivity index (χ4n) is 1.16. The fourth-order valence-corrected chi connectivity index (χ4v) is 1.16. The minimum absolute atomic E-state index is 0.0394. The summed E-state index contributed by atoms with van der Waals surface area (Å²) in [5.74, 6) is 0.803. The first-order valence-electron chi connectivity index (χ1n) is 4.85. The summed E-state index contributed by atoms with van der Waals surface area (Å²) in [4.78, 5) is 9.93. The van der Waals surface area contributed by atoms with Crippen molar-refractivity contribution in [1.82, 2.24) is 10.6 Å². The Hall–Kier alpha value is -0.610. The van der Waals surface area contributed by atoms with Gasteiger partial charge in [-0.2, -0.15) is 0 Å². The number of carbonyl (C=O) groups excluding carboxylic acids is 1. The predicted octanol–water partition coefficient (Wildman–Crippen LogP) is -0.303. The molecule has 0 aromatic heterocycles. The number of hydrogen-bond acceptors (Lipinski definition) is 3. The summed E-state index contributed by atoms with van der Waals surface area (Å²) < 4.78 is 0. The van der Waals surface area contributed by atoms with E-state index in [-0.39, 0.29) is 5.91 Å². The van der Waals surface area contributed by atoms with Crippen LogP contribution in [0.15, 0.2) is 0 Å². The molecule has 1 amide bonds. The lowest BCUT2D eigenvalue weighted by molar-refractivity contribution is -0.118. The number of nitrogens with one attached hydrogen (secondary N) is 2. The lowest BCUT2D eigenvalue weighted by Crippen LogP contribution is -2.18. The Balaban J connectivity index is 0.000000226. The van der Waals surface area contributed by atoms with E-state index in [2.05, 4.69) is 10.6 Å². The van der Waals surface area contributed by atoms with Gasteiger partial charge in [0.2, 0.25) is 5.91 Å². The molecule has 1 saturated heterocycles. The molecule has 0 aromatic carbocycles. The quantitative estimate of drug-likeness (QED) is 0.556. The van der Waals surface area contributed by atoms with Crippen LogP contribution >= 0.6 is 0 Å². The summed E-state index contributed by atoms with van der Waals surface area (Å²) in [6.07, 6.45) is 1.27. The SMILES string of the molecule is CCNC(C)=O.NC[C@H]1CCNC1. The van der Waals surface area contributed by atoms with E-state index in [0.29, 0.717) is 0 Å². The monoisotopic (exact) mass is 187 g/mol. The van der Waals surface area contributed by atoms with Gasteiger partial charge in [0.15, 0.2) is 0 Å². The molecule has 1 aliphatic heterocycles. The topological polar surface area (TPSA) is 67.2 Å². The number of nitrogens with two attached hydrogens (primary N) is 1. The van der Waals surface area contributed by atoms with Crippen molar-refractivity contribution in [3.05, 3.63) is 0 Å². The van der Waals surface area contributed by atoms with Crippen molar-refractivity contribution in [2.75, 3.05) is 26.2 Å². The summed E-state index contributed by atoms with van der Waals surface area (Å²) >= 11 is 0. The summed E-state index contributed by atoms with van der Waals surface area (Å²) in [5, 5.41) is 5.81. The first kappa shape index (κ1) is 12.4. The van der Waals surface area contributed by atoms with E-state index >= 15 is 0 Å². The van der Waals surface area contributed by atoms with Crippen molar-refractivity contribution >= 4 is 5.91 Å². The molecule has 1 rings (SSSR count). The van der Waals surface area contributed by atoms with Gasteiger partial charge in [0.1, 0.15) is 0 Å². The Labute approximate surface area is 80.3 Å². The summed E-state index contributed by atoms with van der Waals surface area (Å²) in [7, 11) is 0. The van der Waals surface area contributed by atoms with Gasteiger partial charge < -0.3 is 16.4 Å². The molecule has 0 unspecified atom stereocenters. The standard InChI is InChI=1S/C5H12N2.C4H9NO/c6-3-5-1-2-7-4-5;1-3-5-4(2)6/h5,7H,1-4,6H2;3H2,1-2H3,(H,5,6)/t5-;/m1./s1. The van der Waals surface area contributed by atoms with Gasteiger partial charge in [-0.15, -0.1) is 0 Å². The summed E-state index contributed by atoms with van der Waals surface area (Å²) in [6.45, 7) is 7.28. The van der Waals surface area contributed by atoms with Crippen molar-refractivity contribution in [1.29, 1.82) is 0 Å². The molecule has 1 fully saturated rings. The highest BCUT2D eigenvalue weighted by molar-refractivity contribution is 5.72. The molecule has 1 aliphatic rings. The zero-order valence-electron chi connectivity index (χ0n) is 8.60. The van der Waals surface area contributed by atoms with Crippen LogP contribution in [0.3, 0.4) is 0 Å². The molecule has 4 nitrogen and oxygen atoms in total. The normalized spacial score (nSPS) is 20.4. The number of rotatable bonds is 2. The Morgan fingerprint density at radius 3 is 2.54 bits per heavy atom. The smallest absolute Gasteiger partial charge is 0.216 e. The summed E-state index contributed by atoms with van der Waals surface area (Å²) in [5.41, 5.74) is 5.39. The highest BCUT2D eigenvalue weighted by atomic mass is 16.1. The highest BCUT2D eigenvalue weighted by Gasteiger charge is 2.10. The van der Waals surface area contributed by atoms with Gasteiger partial charge in [-0.1, -0.05) is 0 Å². The molecule has 4 heteroatoms. The molecule has 78 valence electrons. The second-order valence-corrected chi connectivity index (χ2v) is 3.18. The Bertz CT molecular complexity index is 133. The van der Waals surface area contributed by atoms with Gasteiger partial charge >= 0.3 is 0 Å². The third-order valence-corrected chi connectivity index (χ3v) is 1.92. The van der Waals surface area contributed by atoms with Crippen LogP contribution in [0.1, 0.15) is 20.3 Å². The van der Waals surface area contributed by atoms with E-state index in [4.69, 9.17) is 5.73 Å². The van der Waals surface area contributed by atoms with Crippen LogP contribution < -0.4 is 16.4 Å². The van der Waals surface area contributed by atoms with E-state index in [1.807, 2.05) is 6.92 Å². The number of hydrogen-bond donors (Lipinski definition) is 3. The second kappa shape index (κ2) is 8.01. The van der Waals surface area contributed by atoms with Gasteiger partial charge in [-0.25, -0.2) is 0 Å². The van der Waals surface area contributed by atoms with E-state index in [1.165, 1.54) is 19.9 Å². The molecule has 4 N–H and O–H groups in total. The molecule has 0 spiro atoms. The first-order valence-corrected chi connectivity index (χ1v) is 4.85. The Morgan fingerprint density at radius 2 is 2.38 bits per heavy atom. The second-order valence-electron chi connectivity index (χ2n) is 3.18. The Morgan fingerprint density at radius 1 is 1.69 bits per heavy atom.